The van der Waals surface area contributed by atoms with Crippen LogP contribution in [0.25, 0.3) is 11.3 Å². The number of nitrogens with one attached hydrogen (secondary N) is 2. The first-order chi connectivity index (χ1) is 8.43. The molecule has 3 heteroatoms. The first-order valence-corrected chi connectivity index (χ1v) is 6.27. The summed E-state index contributed by atoms with van der Waals surface area (Å²) in [6.07, 6.45) is 3.80. The van der Waals surface area contributed by atoms with E-state index in [2.05, 4.69) is 33.7 Å². The standard InChI is InChI=1S/C14H17N3/c1-2-6-11(7-3-1)13-10-14(17-16-13)12-8-4-5-9-15-12/h1-3,6-7,10,12,15H,4-5,8-9H2,(H,16,17). The minimum Gasteiger partial charge on any atom is -0.309 e. The quantitative estimate of drug-likeness (QED) is 0.828. The summed E-state index contributed by atoms with van der Waals surface area (Å²) in [6, 6.07) is 12.9. The number of hydrogen-bond donors (Lipinski definition) is 2. The fraction of sp³-hybridized carbons (Fsp3) is 0.357. The summed E-state index contributed by atoms with van der Waals surface area (Å²) in [6.45, 7) is 1.12. The van der Waals surface area contributed by atoms with Crippen LogP contribution >= 0.6 is 0 Å². The molecule has 2 N–H and O–H groups in total. The van der Waals surface area contributed by atoms with Crippen molar-refractivity contribution in [1.29, 1.82) is 0 Å². The highest BCUT2D eigenvalue weighted by molar-refractivity contribution is 5.59. The Bertz CT molecular complexity index is 469. The van der Waals surface area contributed by atoms with Gasteiger partial charge in [0.15, 0.2) is 0 Å². The fourth-order valence-corrected chi connectivity index (χ4v) is 2.39. The monoisotopic (exact) mass is 227 g/mol. The zero-order chi connectivity index (χ0) is 11.5. The molecule has 2 heterocycles. The third-order valence-corrected chi connectivity index (χ3v) is 3.35. The summed E-state index contributed by atoms with van der Waals surface area (Å²) >= 11 is 0. The Hall–Kier alpha value is -1.61. The topological polar surface area (TPSA) is 40.7 Å². The Morgan fingerprint density at radius 2 is 2.00 bits per heavy atom. The van der Waals surface area contributed by atoms with Crippen LogP contribution in [0.3, 0.4) is 0 Å². The molecule has 1 aliphatic heterocycles. The van der Waals surface area contributed by atoms with Crippen molar-refractivity contribution in [3.05, 3.63) is 42.1 Å². The predicted octanol–water partition coefficient (Wildman–Crippen LogP) is 2.89. The van der Waals surface area contributed by atoms with E-state index in [-0.39, 0.29) is 0 Å². The van der Waals surface area contributed by atoms with Crippen molar-refractivity contribution in [3.63, 3.8) is 0 Å². The number of piperidine rings is 1. The second kappa shape index (κ2) is 4.72. The lowest BCUT2D eigenvalue weighted by molar-refractivity contribution is 0.405. The van der Waals surface area contributed by atoms with Crippen LogP contribution < -0.4 is 5.32 Å². The van der Waals surface area contributed by atoms with Gasteiger partial charge in [0.1, 0.15) is 0 Å². The zero-order valence-electron chi connectivity index (χ0n) is 9.82. The van der Waals surface area contributed by atoms with Crippen molar-refractivity contribution < 1.29 is 0 Å². The summed E-state index contributed by atoms with van der Waals surface area (Å²) in [5.41, 5.74) is 3.42. The number of aromatic nitrogens is 2. The molecule has 3 nitrogen and oxygen atoms in total. The maximum Gasteiger partial charge on any atom is 0.0924 e. The van der Waals surface area contributed by atoms with Crippen LogP contribution in [0.5, 0.6) is 0 Å². The van der Waals surface area contributed by atoms with Crippen molar-refractivity contribution in [2.45, 2.75) is 25.3 Å². The molecular weight excluding hydrogens is 210 g/mol. The Morgan fingerprint density at radius 3 is 2.76 bits per heavy atom. The van der Waals surface area contributed by atoms with E-state index >= 15 is 0 Å². The van der Waals surface area contributed by atoms with Gasteiger partial charge in [0.05, 0.1) is 11.4 Å². The molecule has 0 spiro atoms. The van der Waals surface area contributed by atoms with E-state index in [1.165, 1.54) is 30.5 Å². The molecular formula is C14H17N3. The van der Waals surface area contributed by atoms with Gasteiger partial charge in [0.2, 0.25) is 0 Å². The van der Waals surface area contributed by atoms with Gasteiger partial charge in [-0.2, -0.15) is 5.10 Å². The van der Waals surface area contributed by atoms with Crippen molar-refractivity contribution in [2.24, 2.45) is 0 Å². The van der Waals surface area contributed by atoms with Crippen molar-refractivity contribution >= 4 is 0 Å². The lowest BCUT2D eigenvalue weighted by Crippen LogP contribution is -2.26. The van der Waals surface area contributed by atoms with Crippen LogP contribution in [0.15, 0.2) is 36.4 Å². The van der Waals surface area contributed by atoms with Gasteiger partial charge in [-0.1, -0.05) is 36.8 Å². The summed E-state index contributed by atoms with van der Waals surface area (Å²) in [5.74, 6) is 0. The van der Waals surface area contributed by atoms with E-state index in [1.54, 1.807) is 0 Å². The highest BCUT2D eigenvalue weighted by Gasteiger charge is 2.17. The normalized spacial score (nSPS) is 20.4. The van der Waals surface area contributed by atoms with Gasteiger partial charge in [-0.15, -0.1) is 0 Å². The van der Waals surface area contributed by atoms with Gasteiger partial charge in [-0.05, 0) is 25.5 Å². The van der Waals surface area contributed by atoms with Gasteiger partial charge >= 0.3 is 0 Å². The number of nitrogens with zero attached hydrogens (tertiary/aromatic N) is 1. The van der Waals surface area contributed by atoms with E-state index in [9.17, 15) is 0 Å². The Labute approximate surface area is 101 Å². The van der Waals surface area contributed by atoms with E-state index < -0.39 is 0 Å². The van der Waals surface area contributed by atoms with Crippen LogP contribution in [0, 0.1) is 0 Å². The average Bonchev–Trinajstić information content (AvgIpc) is 2.90. The maximum atomic E-state index is 4.40. The average molecular weight is 227 g/mol. The number of hydrogen-bond acceptors (Lipinski definition) is 2. The lowest BCUT2D eigenvalue weighted by atomic mass is 10.0. The molecule has 1 unspecified atom stereocenters. The molecule has 0 amide bonds. The van der Waals surface area contributed by atoms with Gasteiger partial charge in [-0.25, -0.2) is 0 Å². The van der Waals surface area contributed by atoms with Crippen LogP contribution in [-0.4, -0.2) is 16.7 Å². The van der Waals surface area contributed by atoms with E-state index in [1.807, 2.05) is 18.2 Å². The minimum atomic E-state index is 0.453. The SMILES string of the molecule is c1ccc(-c2cc(C3CCCCN3)[nH]n2)cc1. The van der Waals surface area contributed by atoms with Gasteiger partial charge in [-0.3, -0.25) is 5.10 Å². The molecule has 0 radical (unpaired) electrons. The van der Waals surface area contributed by atoms with Gasteiger partial charge in [0.25, 0.3) is 0 Å². The summed E-state index contributed by atoms with van der Waals surface area (Å²) < 4.78 is 0. The molecule has 17 heavy (non-hydrogen) atoms. The Balaban J connectivity index is 1.83. The second-order valence-corrected chi connectivity index (χ2v) is 4.58. The molecule has 0 bridgehead atoms. The van der Waals surface area contributed by atoms with Crippen LogP contribution in [0.4, 0.5) is 0 Å². The first-order valence-electron chi connectivity index (χ1n) is 6.27. The molecule has 1 aromatic heterocycles. The second-order valence-electron chi connectivity index (χ2n) is 4.58. The third kappa shape index (κ3) is 2.24. The summed E-state index contributed by atoms with van der Waals surface area (Å²) in [5, 5.41) is 11.1. The van der Waals surface area contributed by atoms with E-state index in [4.69, 9.17) is 0 Å². The van der Waals surface area contributed by atoms with Crippen LogP contribution in [-0.2, 0) is 0 Å². The molecule has 88 valence electrons. The molecule has 1 aromatic carbocycles. The third-order valence-electron chi connectivity index (χ3n) is 3.35. The molecule has 0 saturated carbocycles. The minimum absolute atomic E-state index is 0.453. The maximum absolute atomic E-state index is 4.40. The van der Waals surface area contributed by atoms with Gasteiger partial charge < -0.3 is 5.32 Å². The highest BCUT2D eigenvalue weighted by Crippen LogP contribution is 2.25. The van der Waals surface area contributed by atoms with Crippen LogP contribution in [0.2, 0.25) is 0 Å². The molecule has 2 aromatic rings. The largest absolute Gasteiger partial charge is 0.309 e. The number of benzene rings is 1. The van der Waals surface area contributed by atoms with E-state index in [0.29, 0.717) is 6.04 Å². The molecule has 3 rings (SSSR count). The fourth-order valence-electron chi connectivity index (χ4n) is 2.39. The molecule has 1 saturated heterocycles. The van der Waals surface area contributed by atoms with Crippen molar-refractivity contribution in [1.82, 2.24) is 15.5 Å². The first kappa shape index (κ1) is 10.5. The summed E-state index contributed by atoms with van der Waals surface area (Å²) in [4.78, 5) is 0. The van der Waals surface area contributed by atoms with Crippen molar-refractivity contribution in [3.8, 4) is 11.3 Å². The van der Waals surface area contributed by atoms with Gasteiger partial charge in [0, 0.05) is 11.6 Å². The smallest absolute Gasteiger partial charge is 0.0924 e. The predicted molar refractivity (Wildman–Crippen MR) is 68.6 cm³/mol. The lowest BCUT2D eigenvalue weighted by Gasteiger charge is -2.21. The number of aromatic amines is 1. The molecule has 0 aliphatic carbocycles. The zero-order valence-corrected chi connectivity index (χ0v) is 9.82. The van der Waals surface area contributed by atoms with E-state index in [0.717, 1.165) is 12.2 Å². The number of H-pyrrole nitrogens is 1. The molecule has 1 atom stereocenters. The van der Waals surface area contributed by atoms with Crippen LogP contribution in [0.1, 0.15) is 31.0 Å². The Morgan fingerprint density at radius 1 is 1.12 bits per heavy atom. The molecule has 1 aliphatic rings. The van der Waals surface area contributed by atoms with Crippen molar-refractivity contribution in [2.75, 3.05) is 6.54 Å². The molecule has 1 fully saturated rings. The summed E-state index contributed by atoms with van der Waals surface area (Å²) in [7, 11) is 0. The Kier molecular flexibility index (Phi) is 2.92. The highest BCUT2D eigenvalue weighted by atomic mass is 15.1. The number of rotatable bonds is 2.